The van der Waals surface area contributed by atoms with Gasteiger partial charge in [-0.2, -0.15) is 0 Å². The van der Waals surface area contributed by atoms with Gasteiger partial charge in [-0.05, 0) is 24.7 Å². The van der Waals surface area contributed by atoms with E-state index in [2.05, 4.69) is 27.7 Å². The normalized spacial score (nSPS) is 22.6. The van der Waals surface area contributed by atoms with Crippen molar-refractivity contribution in [2.24, 2.45) is 17.3 Å². The van der Waals surface area contributed by atoms with E-state index in [1.54, 1.807) is 0 Å². The van der Waals surface area contributed by atoms with Crippen LogP contribution >= 0.6 is 8.38 Å². The van der Waals surface area contributed by atoms with E-state index in [9.17, 15) is 0 Å². The lowest BCUT2D eigenvalue weighted by atomic mass is 9.75. The zero-order valence-corrected chi connectivity index (χ0v) is 11.6. The Kier molecular flexibility index (Phi) is 5.02. The van der Waals surface area contributed by atoms with Crippen molar-refractivity contribution in [1.82, 2.24) is 0 Å². The molecule has 1 aliphatic rings. The molecule has 0 N–H and O–H groups in total. The Hall–Kier alpha value is 0.350. The maximum Gasteiger partial charge on any atom is 0.167 e. The summed E-state index contributed by atoms with van der Waals surface area (Å²) in [5.41, 5.74) is 0.275. The average Bonchev–Trinajstić information content (AvgIpc) is 2.08. The first-order chi connectivity index (χ1) is 6.93. The van der Waals surface area contributed by atoms with Crippen LogP contribution in [0.1, 0.15) is 40.5 Å². The second-order valence-electron chi connectivity index (χ2n) is 5.68. The third kappa shape index (κ3) is 4.38. The van der Waals surface area contributed by atoms with Crippen molar-refractivity contribution < 1.29 is 9.05 Å². The molecule has 1 heterocycles. The first-order valence-corrected chi connectivity index (χ1v) is 7.55. The molecule has 0 aromatic carbocycles. The minimum Gasteiger partial charge on any atom is -0.334 e. The van der Waals surface area contributed by atoms with E-state index in [4.69, 9.17) is 9.05 Å². The van der Waals surface area contributed by atoms with Crippen molar-refractivity contribution in [1.29, 1.82) is 0 Å². The van der Waals surface area contributed by atoms with Crippen LogP contribution in [-0.4, -0.2) is 19.9 Å². The van der Waals surface area contributed by atoms with Gasteiger partial charge in [-0.25, -0.2) is 0 Å². The Morgan fingerprint density at radius 1 is 1.00 bits per heavy atom. The lowest BCUT2D eigenvalue weighted by molar-refractivity contribution is 0.00469. The van der Waals surface area contributed by atoms with Gasteiger partial charge in [0.15, 0.2) is 8.38 Å². The molecule has 0 aromatic heterocycles. The summed E-state index contributed by atoms with van der Waals surface area (Å²) >= 11 is 0. The second kappa shape index (κ2) is 5.61. The monoisotopic (exact) mass is 232 g/mol. The average molecular weight is 232 g/mol. The molecule has 0 saturated carbocycles. The van der Waals surface area contributed by atoms with Crippen molar-refractivity contribution in [3.05, 3.63) is 0 Å². The third-order valence-electron chi connectivity index (χ3n) is 2.79. The fourth-order valence-electron chi connectivity index (χ4n) is 2.59. The van der Waals surface area contributed by atoms with Gasteiger partial charge in [0.05, 0.1) is 13.2 Å². The molecule has 0 aromatic rings. The van der Waals surface area contributed by atoms with Gasteiger partial charge in [0.25, 0.3) is 0 Å². The van der Waals surface area contributed by atoms with E-state index in [0.29, 0.717) is 0 Å². The minimum absolute atomic E-state index is 0.275. The zero-order chi connectivity index (χ0) is 11.5. The SMILES string of the molecule is CC(C)CC1(CC(C)C)COP(C)OC1. The number of hydrogen-bond acceptors (Lipinski definition) is 2. The maximum atomic E-state index is 5.74. The molecule has 1 rings (SSSR count). The summed E-state index contributed by atoms with van der Waals surface area (Å²) in [6.07, 6.45) is 2.43. The number of rotatable bonds is 4. The largest absolute Gasteiger partial charge is 0.334 e. The van der Waals surface area contributed by atoms with Gasteiger partial charge in [-0.3, -0.25) is 0 Å². The molecule has 0 amide bonds. The Balaban J connectivity index is 2.60. The van der Waals surface area contributed by atoms with Crippen LogP contribution in [0, 0.1) is 17.3 Å². The first-order valence-electron chi connectivity index (χ1n) is 5.93. The zero-order valence-electron chi connectivity index (χ0n) is 10.7. The number of hydrogen-bond donors (Lipinski definition) is 0. The van der Waals surface area contributed by atoms with Crippen LogP contribution in [0.3, 0.4) is 0 Å². The van der Waals surface area contributed by atoms with E-state index >= 15 is 0 Å². The molecule has 3 heteroatoms. The predicted molar refractivity (Wildman–Crippen MR) is 66.1 cm³/mol. The van der Waals surface area contributed by atoms with Crippen LogP contribution in [0.2, 0.25) is 0 Å². The lowest BCUT2D eigenvalue weighted by Gasteiger charge is -2.41. The van der Waals surface area contributed by atoms with Crippen molar-refractivity contribution >= 4 is 8.38 Å². The highest BCUT2D eigenvalue weighted by Crippen LogP contribution is 2.47. The molecule has 1 aliphatic heterocycles. The summed E-state index contributed by atoms with van der Waals surface area (Å²) < 4.78 is 11.5. The standard InChI is InChI=1S/C12H25O2P/c1-10(2)6-12(7-11(3)4)8-13-15(5)14-9-12/h10-11H,6-9H2,1-5H3. The van der Waals surface area contributed by atoms with Gasteiger partial charge in [-0.1, -0.05) is 27.7 Å². The van der Waals surface area contributed by atoms with Crippen molar-refractivity contribution in [3.8, 4) is 0 Å². The van der Waals surface area contributed by atoms with Gasteiger partial charge in [0.1, 0.15) is 0 Å². The van der Waals surface area contributed by atoms with Gasteiger partial charge < -0.3 is 9.05 Å². The smallest absolute Gasteiger partial charge is 0.167 e. The Morgan fingerprint density at radius 2 is 1.40 bits per heavy atom. The van der Waals surface area contributed by atoms with Crippen LogP contribution in [0.4, 0.5) is 0 Å². The Morgan fingerprint density at radius 3 is 1.73 bits per heavy atom. The van der Waals surface area contributed by atoms with E-state index in [1.165, 1.54) is 12.8 Å². The molecule has 2 nitrogen and oxygen atoms in total. The molecule has 0 unspecified atom stereocenters. The van der Waals surface area contributed by atoms with Gasteiger partial charge in [0, 0.05) is 12.1 Å². The maximum absolute atomic E-state index is 5.74. The predicted octanol–water partition coefficient (Wildman–Crippen LogP) is 4.05. The minimum atomic E-state index is -0.600. The Bertz CT molecular complexity index is 172. The second-order valence-corrected chi connectivity index (χ2v) is 7.08. The molecule has 1 saturated heterocycles. The summed E-state index contributed by atoms with van der Waals surface area (Å²) in [4.78, 5) is 0. The molecule has 0 spiro atoms. The van der Waals surface area contributed by atoms with E-state index in [0.717, 1.165) is 25.0 Å². The highest BCUT2D eigenvalue weighted by Gasteiger charge is 2.37. The molecule has 90 valence electrons. The van der Waals surface area contributed by atoms with Crippen LogP contribution in [0.5, 0.6) is 0 Å². The topological polar surface area (TPSA) is 18.5 Å². The molecule has 0 atom stereocenters. The molecule has 0 aliphatic carbocycles. The van der Waals surface area contributed by atoms with Crippen molar-refractivity contribution in [2.75, 3.05) is 19.9 Å². The molecule has 1 fully saturated rings. The van der Waals surface area contributed by atoms with Crippen LogP contribution in [0.25, 0.3) is 0 Å². The Labute approximate surface area is 95.6 Å². The molecule has 0 bridgehead atoms. The van der Waals surface area contributed by atoms with Crippen LogP contribution < -0.4 is 0 Å². The van der Waals surface area contributed by atoms with Crippen LogP contribution in [0.15, 0.2) is 0 Å². The molecule has 15 heavy (non-hydrogen) atoms. The molecule has 0 radical (unpaired) electrons. The van der Waals surface area contributed by atoms with Crippen LogP contribution in [-0.2, 0) is 9.05 Å². The van der Waals surface area contributed by atoms with E-state index < -0.39 is 8.38 Å². The first kappa shape index (κ1) is 13.4. The summed E-state index contributed by atoms with van der Waals surface area (Å²) in [5.74, 6) is 1.44. The summed E-state index contributed by atoms with van der Waals surface area (Å²) in [7, 11) is -0.600. The quantitative estimate of drug-likeness (QED) is 0.681. The van der Waals surface area contributed by atoms with Crippen molar-refractivity contribution in [2.45, 2.75) is 40.5 Å². The fraction of sp³-hybridized carbons (Fsp3) is 1.00. The highest BCUT2D eigenvalue weighted by molar-refractivity contribution is 7.46. The lowest BCUT2D eigenvalue weighted by Crippen LogP contribution is -2.37. The van der Waals surface area contributed by atoms with Crippen molar-refractivity contribution in [3.63, 3.8) is 0 Å². The third-order valence-corrected chi connectivity index (χ3v) is 3.77. The summed E-state index contributed by atoms with van der Waals surface area (Å²) in [5, 5.41) is 0. The summed E-state index contributed by atoms with van der Waals surface area (Å²) in [6.45, 7) is 13.0. The van der Waals surface area contributed by atoms with Gasteiger partial charge >= 0.3 is 0 Å². The molecular formula is C12H25O2P. The van der Waals surface area contributed by atoms with E-state index in [-0.39, 0.29) is 5.41 Å². The van der Waals surface area contributed by atoms with Gasteiger partial charge in [-0.15, -0.1) is 0 Å². The van der Waals surface area contributed by atoms with Gasteiger partial charge in [0.2, 0.25) is 0 Å². The highest BCUT2D eigenvalue weighted by atomic mass is 31.2. The van der Waals surface area contributed by atoms with E-state index in [1.807, 2.05) is 6.66 Å². The summed E-state index contributed by atoms with van der Waals surface area (Å²) in [6, 6.07) is 0. The molecular weight excluding hydrogens is 207 g/mol. The fourth-order valence-corrected chi connectivity index (χ4v) is 3.57.